The second-order valence-corrected chi connectivity index (χ2v) is 9.03. The molecule has 0 unspecified atom stereocenters. The third-order valence-corrected chi connectivity index (χ3v) is 7.05. The quantitative estimate of drug-likeness (QED) is 0.716. The highest BCUT2D eigenvalue weighted by Crippen LogP contribution is 2.35. The molecule has 1 saturated carbocycles. The van der Waals surface area contributed by atoms with Crippen molar-refractivity contribution in [2.75, 3.05) is 13.1 Å². The number of rotatable bonds is 5. The molecule has 0 amide bonds. The number of thiazole rings is 1. The lowest BCUT2D eigenvalue weighted by Gasteiger charge is -2.31. The molecule has 1 aliphatic carbocycles. The van der Waals surface area contributed by atoms with Gasteiger partial charge in [0.25, 0.3) is 5.56 Å². The third-order valence-electron chi connectivity index (χ3n) is 5.99. The van der Waals surface area contributed by atoms with Gasteiger partial charge in [0, 0.05) is 30.5 Å². The summed E-state index contributed by atoms with van der Waals surface area (Å²) in [6.45, 7) is 3.08. The van der Waals surface area contributed by atoms with Crippen LogP contribution in [0.4, 0.5) is 13.2 Å². The minimum Gasteiger partial charge on any atom is -0.299 e. The fraction of sp³-hybridized carbons (Fsp3) is 0.650. The lowest BCUT2D eigenvalue weighted by atomic mass is 9.96. The van der Waals surface area contributed by atoms with Crippen LogP contribution in [0.25, 0.3) is 0 Å². The monoisotopic (exact) mass is 426 g/mol. The van der Waals surface area contributed by atoms with Gasteiger partial charge in [-0.15, -0.1) is 11.3 Å². The second kappa shape index (κ2) is 8.55. The van der Waals surface area contributed by atoms with Crippen molar-refractivity contribution in [3.05, 3.63) is 44.5 Å². The molecule has 2 aliphatic rings. The summed E-state index contributed by atoms with van der Waals surface area (Å²) in [5.74, 6) is 0.919. The average Bonchev–Trinajstić information content (AvgIpc) is 3.36. The molecule has 2 fully saturated rings. The fourth-order valence-electron chi connectivity index (χ4n) is 4.31. The maximum atomic E-state index is 12.6. The summed E-state index contributed by atoms with van der Waals surface area (Å²) >= 11 is 1.78. The SMILES string of the molecule is O=c1cc(C(F)(F)F)ncn1CC1CCN(Cc2csc(C3CCCC3)n2)CC1. The lowest BCUT2D eigenvalue weighted by Crippen LogP contribution is -2.36. The molecule has 0 aromatic carbocycles. The molecule has 0 N–H and O–H groups in total. The minimum atomic E-state index is -4.59. The Morgan fingerprint density at radius 3 is 2.52 bits per heavy atom. The third kappa shape index (κ3) is 5.06. The molecule has 29 heavy (non-hydrogen) atoms. The van der Waals surface area contributed by atoms with Crippen LogP contribution >= 0.6 is 11.3 Å². The molecular formula is C20H25F3N4OS. The molecule has 9 heteroatoms. The first kappa shape index (κ1) is 20.5. The van der Waals surface area contributed by atoms with Crippen molar-refractivity contribution >= 4 is 11.3 Å². The van der Waals surface area contributed by atoms with Crippen molar-refractivity contribution in [2.45, 2.75) is 63.7 Å². The Kier molecular flexibility index (Phi) is 6.06. The number of aromatic nitrogens is 3. The molecule has 1 aliphatic heterocycles. The van der Waals surface area contributed by atoms with Crippen LogP contribution in [0.2, 0.25) is 0 Å². The summed E-state index contributed by atoms with van der Waals surface area (Å²) in [6.07, 6.45) is 3.40. The van der Waals surface area contributed by atoms with E-state index in [-0.39, 0.29) is 5.92 Å². The van der Waals surface area contributed by atoms with Gasteiger partial charge >= 0.3 is 6.18 Å². The molecule has 2 aromatic heterocycles. The Balaban J connectivity index is 1.28. The van der Waals surface area contributed by atoms with E-state index in [0.717, 1.165) is 44.5 Å². The predicted octanol–water partition coefficient (Wildman–Crippen LogP) is 4.29. The van der Waals surface area contributed by atoms with Crippen molar-refractivity contribution in [3.8, 4) is 0 Å². The Morgan fingerprint density at radius 1 is 1.14 bits per heavy atom. The molecule has 5 nitrogen and oxygen atoms in total. The van der Waals surface area contributed by atoms with Crippen molar-refractivity contribution in [1.82, 2.24) is 19.4 Å². The zero-order valence-corrected chi connectivity index (χ0v) is 17.0. The number of halogens is 3. The van der Waals surface area contributed by atoms with Gasteiger partial charge in [-0.05, 0) is 44.7 Å². The molecule has 2 aromatic rings. The second-order valence-electron chi connectivity index (χ2n) is 8.14. The van der Waals surface area contributed by atoms with Gasteiger partial charge in [0.1, 0.15) is 0 Å². The lowest BCUT2D eigenvalue weighted by molar-refractivity contribution is -0.141. The van der Waals surface area contributed by atoms with Crippen molar-refractivity contribution in [1.29, 1.82) is 0 Å². The molecule has 3 heterocycles. The number of hydrogen-bond acceptors (Lipinski definition) is 5. The van der Waals surface area contributed by atoms with Crippen LogP contribution in [0.15, 0.2) is 22.6 Å². The van der Waals surface area contributed by atoms with E-state index < -0.39 is 17.4 Å². The summed E-state index contributed by atoms with van der Waals surface area (Å²) in [5, 5.41) is 3.45. The van der Waals surface area contributed by atoms with E-state index in [0.29, 0.717) is 18.5 Å². The van der Waals surface area contributed by atoms with Gasteiger partial charge < -0.3 is 0 Å². The van der Waals surface area contributed by atoms with Crippen LogP contribution in [-0.4, -0.2) is 32.5 Å². The predicted molar refractivity (Wildman–Crippen MR) is 105 cm³/mol. The number of nitrogens with zero attached hydrogens (tertiary/aromatic N) is 4. The van der Waals surface area contributed by atoms with Crippen LogP contribution in [0, 0.1) is 5.92 Å². The van der Waals surface area contributed by atoms with Crippen LogP contribution in [0.3, 0.4) is 0 Å². The highest BCUT2D eigenvalue weighted by molar-refractivity contribution is 7.09. The van der Waals surface area contributed by atoms with Gasteiger partial charge in [-0.25, -0.2) is 9.97 Å². The minimum absolute atomic E-state index is 0.270. The van der Waals surface area contributed by atoms with E-state index in [1.165, 1.54) is 35.3 Å². The summed E-state index contributed by atoms with van der Waals surface area (Å²) < 4.78 is 39.2. The van der Waals surface area contributed by atoms with Crippen LogP contribution in [0.1, 0.15) is 60.8 Å². The summed E-state index contributed by atoms with van der Waals surface area (Å²) in [6, 6.07) is 0.583. The maximum Gasteiger partial charge on any atom is 0.433 e. The Morgan fingerprint density at radius 2 is 1.86 bits per heavy atom. The topological polar surface area (TPSA) is 51.0 Å². The first-order valence-corrected chi connectivity index (χ1v) is 11.1. The first-order chi connectivity index (χ1) is 13.9. The molecule has 4 rings (SSSR count). The Hall–Kier alpha value is -1.74. The van der Waals surface area contributed by atoms with E-state index in [9.17, 15) is 18.0 Å². The van der Waals surface area contributed by atoms with Crippen LogP contribution < -0.4 is 5.56 Å². The number of hydrogen-bond donors (Lipinski definition) is 0. The standard InChI is InChI=1S/C20H25F3N4OS/c21-20(22,23)17-9-18(28)27(13-24-17)10-14-5-7-26(8-6-14)11-16-12-29-19(25-16)15-3-1-2-4-15/h9,12-15H,1-8,10-11H2. The molecule has 0 spiro atoms. The smallest absolute Gasteiger partial charge is 0.299 e. The van der Waals surface area contributed by atoms with Gasteiger partial charge in [0.15, 0.2) is 5.69 Å². The Bertz CT molecular complexity index is 880. The molecule has 0 atom stereocenters. The van der Waals surface area contributed by atoms with Gasteiger partial charge in [-0.2, -0.15) is 13.2 Å². The molecule has 0 radical (unpaired) electrons. The normalized spacial score (nSPS) is 19.8. The molecular weight excluding hydrogens is 401 g/mol. The number of piperidine rings is 1. The molecule has 0 bridgehead atoms. The van der Waals surface area contributed by atoms with Gasteiger partial charge in [-0.1, -0.05) is 12.8 Å². The summed E-state index contributed by atoms with van der Waals surface area (Å²) in [4.78, 5) is 22.6. The highest BCUT2D eigenvalue weighted by atomic mass is 32.1. The van der Waals surface area contributed by atoms with Gasteiger partial charge in [0.05, 0.1) is 17.0 Å². The number of likely N-dealkylation sites (tertiary alicyclic amines) is 1. The van der Waals surface area contributed by atoms with Gasteiger partial charge in [0.2, 0.25) is 0 Å². The Labute approximate surface area is 171 Å². The zero-order valence-electron chi connectivity index (χ0n) is 16.2. The molecule has 158 valence electrons. The van der Waals surface area contributed by atoms with Crippen molar-refractivity contribution in [2.24, 2.45) is 5.92 Å². The zero-order chi connectivity index (χ0) is 20.4. The average molecular weight is 427 g/mol. The maximum absolute atomic E-state index is 12.6. The highest BCUT2D eigenvalue weighted by Gasteiger charge is 2.33. The summed E-state index contributed by atoms with van der Waals surface area (Å²) in [7, 11) is 0. The van der Waals surface area contributed by atoms with Gasteiger partial charge in [-0.3, -0.25) is 14.3 Å². The van der Waals surface area contributed by atoms with Crippen molar-refractivity contribution in [3.63, 3.8) is 0 Å². The first-order valence-electron chi connectivity index (χ1n) is 10.2. The van der Waals surface area contributed by atoms with Crippen LogP contribution in [-0.2, 0) is 19.3 Å². The van der Waals surface area contributed by atoms with E-state index in [2.05, 4.69) is 15.3 Å². The van der Waals surface area contributed by atoms with E-state index >= 15 is 0 Å². The fourth-order valence-corrected chi connectivity index (χ4v) is 5.29. The van der Waals surface area contributed by atoms with Crippen LogP contribution in [0.5, 0.6) is 0 Å². The largest absolute Gasteiger partial charge is 0.433 e. The van der Waals surface area contributed by atoms with E-state index in [4.69, 9.17) is 4.98 Å². The number of alkyl halides is 3. The van der Waals surface area contributed by atoms with Crippen molar-refractivity contribution < 1.29 is 13.2 Å². The van der Waals surface area contributed by atoms with E-state index in [1.54, 1.807) is 11.3 Å². The van der Waals surface area contributed by atoms with E-state index in [1.807, 2.05) is 0 Å². The molecule has 1 saturated heterocycles. The summed E-state index contributed by atoms with van der Waals surface area (Å²) in [5.41, 5.74) is -0.635.